The first kappa shape index (κ1) is 19.1. The van der Waals surface area contributed by atoms with Crippen LogP contribution in [-0.4, -0.2) is 69.9 Å². The predicted octanol–water partition coefficient (Wildman–Crippen LogP) is 0.916. The topological polar surface area (TPSA) is 79.0 Å². The van der Waals surface area contributed by atoms with Gasteiger partial charge in [-0.3, -0.25) is 4.79 Å². The fraction of sp³-hybridized carbons (Fsp3) is 0.611. The highest BCUT2D eigenvalue weighted by Gasteiger charge is 2.35. The molecule has 2 saturated heterocycles. The van der Waals surface area contributed by atoms with E-state index in [2.05, 4.69) is 5.32 Å². The smallest absolute Gasteiger partial charge is 0.243 e. The molecular formula is C18H27N3O4S. The van der Waals surface area contributed by atoms with Gasteiger partial charge in [0.25, 0.3) is 0 Å². The second-order valence-corrected chi connectivity index (χ2v) is 8.89. The molecule has 2 aliphatic rings. The molecule has 2 aliphatic heterocycles. The van der Waals surface area contributed by atoms with Crippen molar-refractivity contribution in [2.24, 2.45) is 5.92 Å². The van der Waals surface area contributed by atoms with E-state index in [1.807, 2.05) is 11.9 Å². The monoisotopic (exact) mass is 381 g/mol. The summed E-state index contributed by atoms with van der Waals surface area (Å²) in [5.41, 5.74) is 0. The minimum atomic E-state index is -3.53. The molecule has 7 nitrogen and oxygen atoms in total. The van der Waals surface area contributed by atoms with E-state index >= 15 is 0 Å². The second-order valence-electron chi connectivity index (χ2n) is 6.95. The van der Waals surface area contributed by atoms with Crippen LogP contribution in [0.25, 0.3) is 0 Å². The van der Waals surface area contributed by atoms with Crippen LogP contribution in [0.1, 0.15) is 19.3 Å². The lowest BCUT2D eigenvalue weighted by molar-refractivity contribution is -0.137. The molecule has 144 valence electrons. The molecule has 1 N–H and O–H groups in total. The van der Waals surface area contributed by atoms with Crippen molar-refractivity contribution < 1.29 is 17.9 Å². The number of hydrogen-bond donors (Lipinski definition) is 1. The Morgan fingerprint density at radius 2 is 1.85 bits per heavy atom. The van der Waals surface area contributed by atoms with Gasteiger partial charge in [0, 0.05) is 38.6 Å². The first-order valence-corrected chi connectivity index (χ1v) is 10.5. The number of nitrogens with zero attached hydrogens (tertiary/aromatic N) is 2. The molecule has 2 heterocycles. The summed E-state index contributed by atoms with van der Waals surface area (Å²) in [5, 5.41) is 3.27. The minimum absolute atomic E-state index is 0.0945. The highest BCUT2D eigenvalue weighted by molar-refractivity contribution is 7.89. The minimum Gasteiger partial charge on any atom is -0.497 e. The van der Waals surface area contributed by atoms with Crippen LogP contribution < -0.4 is 10.1 Å². The number of rotatable bonds is 5. The number of amides is 1. The largest absolute Gasteiger partial charge is 0.497 e. The Morgan fingerprint density at radius 3 is 2.38 bits per heavy atom. The van der Waals surface area contributed by atoms with E-state index in [1.165, 1.54) is 4.31 Å². The molecule has 2 fully saturated rings. The van der Waals surface area contributed by atoms with Crippen molar-refractivity contribution in [3.63, 3.8) is 0 Å². The highest BCUT2D eigenvalue weighted by Crippen LogP contribution is 2.26. The van der Waals surface area contributed by atoms with Crippen LogP contribution in [0.15, 0.2) is 29.2 Å². The number of piperidine rings is 1. The number of hydrogen-bond acceptors (Lipinski definition) is 5. The van der Waals surface area contributed by atoms with E-state index in [9.17, 15) is 13.2 Å². The van der Waals surface area contributed by atoms with E-state index in [-0.39, 0.29) is 22.8 Å². The maximum absolute atomic E-state index is 12.8. The zero-order valence-corrected chi connectivity index (χ0v) is 16.2. The van der Waals surface area contributed by atoms with Gasteiger partial charge < -0.3 is 15.0 Å². The van der Waals surface area contributed by atoms with Crippen LogP contribution in [0, 0.1) is 5.92 Å². The summed E-state index contributed by atoms with van der Waals surface area (Å²) in [5.74, 6) is 0.667. The Labute approximate surface area is 155 Å². The lowest BCUT2D eigenvalue weighted by Gasteiger charge is -2.34. The maximum Gasteiger partial charge on any atom is 0.243 e. The molecule has 0 spiro atoms. The number of carbonyl (C=O) groups excluding carboxylic acids is 1. The molecule has 1 amide bonds. The van der Waals surface area contributed by atoms with Gasteiger partial charge >= 0.3 is 0 Å². The molecule has 1 aromatic rings. The Kier molecular flexibility index (Phi) is 5.84. The molecule has 1 atom stereocenters. The molecule has 1 aromatic carbocycles. The van der Waals surface area contributed by atoms with Crippen molar-refractivity contribution in [3.05, 3.63) is 24.3 Å². The quantitative estimate of drug-likeness (QED) is 0.820. The number of likely N-dealkylation sites (N-methyl/N-ethyl adjacent to an activating group) is 1. The van der Waals surface area contributed by atoms with Gasteiger partial charge in [0.15, 0.2) is 0 Å². The van der Waals surface area contributed by atoms with Gasteiger partial charge in [-0.1, -0.05) is 0 Å². The van der Waals surface area contributed by atoms with E-state index in [4.69, 9.17) is 4.74 Å². The molecular weight excluding hydrogens is 354 g/mol. The molecule has 0 aromatic heterocycles. The van der Waals surface area contributed by atoms with Crippen molar-refractivity contribution in [3.8, 4) is 5.75 Å². The van der Waals surface area contributed by atoms with Crippen LogP contribution in [0.4, 0.5) is 0 Å². The summed E-state index contributed by atoms with van der Waals surface area (Å²) in [6.07, 6.45) is 2.12. The normalized spacial score (nSPS) is 22.3. The number of ether oxygens (including phenoxy) is 1. The summed E-state index contributed by atoms with van der Waals surface area (Å²) >= 11 is 0. The van der Waals surface area contributed by atoms with E-state index in [0.29, 0.717) is 31.7 Å². The predicted molar refractivity (Wildman–Crippen MR) is 98.5 cm³/mol. The first-order chi connectivity index (χ1) is 12.4. The van der Waals surface area contributed by atoms with E-state index in [1.54, 1.807) is 31.4 Å². The molecule has 0 saturated carbocycles. The van der Waals surface area contributed by atoms with Gasteiger partial charge in [-0.2, -0.15) is 4.31 Å². The van der Waals surface area contributed by atoms with Crippen molar-refractivity contribution in [1.29, 1.82) is 0 Å². The van der Waals surface area contributed by atoms with Gasteiger partial charge in [-0.05, 0) is 50.1 Å². The van der Waals surface area contributed by atoms with Gasteiger partial charge in [-0.15, -0.1) is 0 Å². The SMILES string of the molecule is COc1ccc(S(=O)(=O)N2CCC(C(=O)N(C)C3CCNC3)CC2)cc1. The van der Waals surface area contributed by atoms with Gasteiger partial charge in [-0.25, -0.2) is 8.42 Å². The van der Waals surface area contributed by atoms with Crippen molar-refractivity contribution in [1.82, 2.24) is 14.5 Å². The third-order valence-electron chi connectivity index (χ3n) is 5.43. The first-order valence-electron chi connectivity index (χ1n) is 9.05. The fourth-order valence-electron chi connectivity index (χ4n) is 3.68. The molecule has 0 bridgehead atoms. The van der Waals surface area contributed by atoms with Crippen LogP contribution in [0.5, 0.6) is 5.75 Å². The van der Waals surface area contributed by atoms with Crippen molar-refractivity contribution >= 4 is 15.9 Å². The van der Waals surface area contributed by atoms with Crippen LogP contribution in [-0.2, 0) is 14.8 Å². The molecule has 8 heteroatoms. The Balaban J connectivity index is 1.60. The highest BCUT2D eigenvalue weighted by atomic mass is 32.2. The Bertz CT molecular complexity index is 721. The molecule has 1 unspecified atom stereocenters. The van der Waals surface area contributed by atoms with Crippen LogP contribution in [0.3, 0.4) is 0 Å². The standard InChI is InChI=1S/C18H27N3O4S/c1-20(15-7-10-19-13-15)18(22)14-8-11-21(12-9-14)26(23,24)17-5-3-16(25-2)4-6-17/h3-6,14-15,19H,7-13H2,1-2H3. The summed E-state index contributed by atoms with van der Waals surface area (Å²) < 4.78 is 32.1. The van der Waals surface area contributed by atoms with E-state index in [0.717, 1.165) is 19.5 Å². The number of nitrogens with one attached hydrogen (secondary N) is 1. The average molecular weight is 381 g/mol. The van der Waals surface area contributed by atoms with Crippen LogP contribution in [0.2, 0.25) is 0 Å². The number of methoxy groups -OCH3 is 1. The average Bonchev–Trinajstić information content (AvgIpc) is 3.21. The lowest BCUT2D eigenvalue weighted by Crippen LogP contribution is -2.46. The van der Waals surface area contributed by atoms with Gasteiger partial charge in [0.05, 0.1) is 12.0 Å². The van der Waals surface area contributed by atoms with Gasteiger partial charge in [0.2, 0.25) is 15.9 Å². The number of benzene rings is 1. The third-order valence-corrected chi connectivity index (χ3v) is 7.34. The van der Waals surface area contributed by atoms with E-state index < -0.39 is 10.0 Å². The zero-order valence-electron chi connectivity index (χ0n) is 15.3. The fourth-order valence-corrected chi connectivity index (χ4v) is 5.15. The van der Waals surface area contributed by atoms with Crippen molar-refractivity contribution in [2.45, 2.75) is 30.2 Å². The number of carbonyl (C=O) groups is 1. The Hall–Kier alpha value is -1.64. The summed E-state index contributed by atoms with van der Waals surface area (Å²) in [6, 6.07) is 6.67. The summed E-state index contributed by atoms with van der Waals surface area (Å²) in [6.45, 7) is 2.54. The van der Waals surface area contributed by atoms with Crippen LogP contribution >= 0.6 is 0 Å². The summed E-state index contributed by atoms with van der Waals surface area (Å²) in [7, 11) is -0.122. The molecule has 0 radical (unpaired) electrons. The summed E-state index contributed by atoms with van der Waals surface area (Å²) in [4.78, 5) is 14.8. The molecule has 26 heavy (non-hydrogen) atoms. The zero-order chi connectivity index (χ0) is 18.7. The maximum atomic E-state index is 12.8. The molecule has 0 aliphatic carbocycles. The number of sulfonamides is 1. The Morgan fingerprint density at radius 1 is 1.19 bits per heavy atom. The molecule has 3 rings (SSSR count). The lowest BCUT2D eigenvalue weighted by atomic mass is 9.96. The second kappa shape index (κ2) is 7.94. The van der Waals surface area contributed by atoms with Gasteiger partial charge in [0.1, 0.15) is 5.75 Å². The van der Waals surface area contributed by atoms with Crippen molar-refractivity contribution in [2.75, 3.05) is 40.3 Å². The third kappa shape index (κ3) is 3.87.